The molecule has 3 N–H and O–H groups in total. The molecule has 0 unspecified atom stereocenters. The molecule has 0 spiro atoms. The van der Waals surface area contributed by atoms with Gasteiger partial charge < -0.3 is 15.6 Å². The standard InChI is InChI=1S/C9H11BrFNO2.ClH/c1-14-5-2-6(8(12)4-11)9(13)7(10)3-5;/h2-3,8,13H,4,12H2,1H3;1H/t8-;/m0./s1. The number of ether oxygens (including phenoxy) is 1. The molecule has 0 heterocycles. The number of hydrogen-bond acceptors (Lipinski definition) is 3. The van der Waals surface area contributed by atoms with E-state index in [2.05, 4.69) is 15.9 Å². The van der Waals surface area contributed by atoms with Crippen LogP contribution in [0.1, 0.15) is 11.6 Å². The van der Waals surface area contributed by atoms with E-state index in [1.165, 1.54) is 13.2 Å². The summed E-state index contributed by atoms with van der Waals surface area (Å²) in [6.07, 6.45) is 0. The highest BCUT2D eigenvalue weighted by molar-refractivity contribution is 9.10. The summed E-state index contributed by atoms with van der Waals surface area (Å²) in [5.41, 5.74) is 5.81. The number of aromatic hydroxyl groups is 1. The first-order valence-corrected chi connectivity index (χ1v) is 4.77. The molecule has 1 aromatic carbocycles. The molecule has 0 amide bonds. The van der Waals surface area contributed by atoms with Crippen LogP contribution in [0.25, 0.3) is 0 Å². The number of alkyl halides is 1. The van der Waals surface area contributed by atoms with Crippen molar-refractivity contribution in [3.05, 3.63) is 22.2 Å². The van der Waals surface area contributed by atoms with E-state index in [0.29, 0.717) is 15.8 Å². The van der Waals surface area contributed by atoms with Crippen LogP contribution < -0.4 is 10.5 Å². The number of nitrogens with two attached hydrogens (primary N) is 1. The highest BCUT2D eigenvalue weighted by atomic mass is 79.9. The van der Waals surface area contributed by atoms with Crippen LogP contribution in [0.2, 0.25) is 0 Å². The second-order valence-corrected chi connectivity index (χ2v) is 3.66. The van der Waals surface area contributed by atoms with Crippen molar-refractivity contribution in [3.63, 3.8) is 0 Å². The Bertz CT molecular complexity index is 338. The zero-order chi connectivity index (χ0) is 10.7. The molecule has 6 heteroatoms. The largest absolute Gasteiger partial charge is 0.506 e. The normalized spacial score (nSPS) is 11.7. The maximum absolute atomic E-state index is 12.3. The second-order valence-electron chi connectivity index (χ2n) is 2.81. The minimum absolute atomic E-state index is 0. The van der Waals surface area contributed by atoms with Crippen molar-refractivity contribution < 1.29 is 14.2 Å². The molecule has 3 nitrogen and oxygen atoms in total. The van der Waals surface area contributed by atoms with Crippen LogP contribution in [0.5, 0.6) is 11.5 Å². The molecular formula is C9H12BrClFNO2. The molecule has 0 aliphatic carbocycles. The van der Waals surface area contributed by atoms with Crippen molar-refractivity contribution in [2.75, 3.05) is 13.8 Å². The van der Waals surface area contributed by atoms with E-state index in [1.807, 2.05) is 0 Å². The van der Waals surface area contributed by atoms with Gasteiger partial charge in [-0.2, -0.15) is 0 Å². The lowest BCUT2D eigenvalue weighted by atomic mass is 10.1. The Kier molecular flexibility index (Phi) is 5.93. The monoisotopic (exact) mass is 299 g/mol. The summed E-state index contributed by atoms with van der Waals surface area (Å²) >= 11 is 3.13. The van der Waals surface area contributed by atoms with Crippen molar-refractivity contribution in [2.45, 2.75) is 6.04 Å². The van der Waals surface area contributed by atoms with E-state index < -0.39 is 12.7 Å². The summed E-state index contributed by atoms with van der Waals surface area (Å²) in [7, 11) is 1.49. The van der Waals surface area contributed by atoms with Crippen molar-refractivity contribution in [2.24, 2.45) is 5.73 Å². The van der Waals surface area contributed by atoms with Gasteiger partial charge in [-0.3, -0.25) is 0 Å². The van der Waals surface area contributed by atoms with Crippen LogP contribution in [0.15, 0.2) is 16.6 Å². The van der Waals surface area contributed by atoms with Crippen LogP contribution in [-0.2, 0) is 0 Å². The Balaban J connectivity index is 0.00000196. The molecule has 0 aromatic heterocycles. The van der Waals surface area contributed by atoms with Gasteiger partial charge in [-0.25, -0.2) is 4.39 Å². The molecule has 0 aliphatic heterocycles. The lowest BCUT2D eigenvalue weighted by Gasteiger charge is -2.12. The molecule has 0 saturated carbocycles. The zero-order valence-corrected chi connectivity index (χ0v) is 10.4. The Hall–Kier alpha value is -0.520. The number of phenolic OH excluding ortho intramolecular Hbond substituents is 1. The van der Waals surface area contributed by atoms with Gasteiger partial charge in [-0.15, -0.1) is 12.4 Å². The topological polar surface area (TPSA) is 55.5 Å². The summed E-state index contributed by atoms with van der Waals surface area (Å²) in [5, 5.41) is 9.57. The van der Waals surface area contributed by atoms with Crippen LogP contribution >= 0.6 is 28.3 Å². The summed E-state index contributed by atoms with van der Waals surface area (Å²) in [5.74, 6) is 0.476. The third-order valence-corrected chi connectivity index (χ3v) is 2.47. The lowest BCUT2D eigenvalue weighted by Crippen LogP contribution is -2.12. The molecule has 0 bridgehead atoms. The Labute approximate surface area is 102 Å². The summed E-state index contributed by atoms with van der Waals surface area (Å²) in [6, 6.07) is 2.27. The molecular weight excluding hydrogens is 288 g/mol. The first-order valence-electron chi connectivity index (χ1n) is 3.98. The SMILES string of the molecule is COc1cc(Br)c(O)c([C@@H](N)CF)c1.Cl. The van der Waals surface area contributed by atoms with Crippen molar-refractivity contribution in [1.29, 1.82) is 0 Å². The molecule has 0 aliphatic rings. The first kappa shape index (κ1) is 14.5. The van der Waals surface area contributed by atoms with Gasteiger partial charge in [-0.1, -0.05) is 0 Å². The van der Waals surface area contributed by atoms with Crippen molar-refractivity contribution in [3.8, 4) is 11.5 Å². The minimum Gasteiger partial charge on any atom is -0.506 e. The average Bonchev–Trinajstić information content (AvgIpc) is 2.20. The third-order valence-electron chi connectivity index (χ3n) is 1.87. The minimum atomic E-state index is -0.832. The fourth-order valence-corrected chi connectivity index (χ4v) is 1.53. The van der Waals surface area contributed by atoms with Gasteiger partial charge in [0, 0.05) is 5.56 Å². The highest BCUT2D eigenvalue weighted by Gasteiger charge is 2.14. The fraction of sp³-hybridized carbons (Fsp3) is 0.333. The van der Waals surface area contributed by atoms with E-state index in [1.54, 1.807) is 6.07 Å². The Morgan fingerprint density at radius 1 is 1.60 bits per heavy atom. The number of methoxy groups -OCH3 is 1. The van der Waals surface area contributed by atoms with Gasteiger partial charge in [0.1, 0.15) is 18.2 Å². The number of rotatable bonds is 3. The first-order chi connectivity index (χ1) is 6.60. The predicted molar refractivity (Wildman–Crippen MR) is 62.5 cm³/mol. The van der Waals surface area contributed by atoms with Gasteiger partial charge >= 0.3 is 0 Å². The third kappa shape index (κ3) is 3.22. The predicted octanol–water partition coefficient (Wildman–Crippen LogP) is 2.55. The van der Waals surface area contributed by atoms with Crippen LogP contribution in [0, 0.1) is 0 Å². The zero-order valence-electron chi connectivity index (χ0n) is 8.04. The van der Waals surface area contributed by atoms with Gasteiger partial charge in [0.2, 0.25) is 0 Å². The Morgan fingerprint density at radius 2 is 2.20 bits per heavy atom. The summed E-state index contributed by atoms with van der Waals surface area (Å²) in [6.45, 7) is -0.729. The molecule has 1 atom stereocenters. The number of benzene rings is 1. The van der Waals surface area contributed by atoms with Crippen LogP contribution in [0.4, 0.5) is 4.39 Å². The van der Waals surface area contributed by atoms with E-state index >= 15 is 0 Å². The van der Waals surface area contributed by atoms with Crippen molar-refractivity contribution >= 4 is 28.3 Å². The second kappa shape index (κ2) is 6.15. The maximum Gasteiger partial charge on any atom is 0.134 e. The van der Waals surface area contributed by atoms with E-state index in [4.69, 9.17) is 10.5 Å². The maximum atomic E-state index is 12.3. The number of hydrogen-bond donors (Lipinski definition) is 2. The quantitative estimate of drug-likeness (QED) is 0.902. The molecule has 0 fully saturated rings. The van der Waals surface area contributed by atoms with Crippen LogP contribution in [0.3, 0.4) is 0 Å². The van der Waals surface area contributed by atoms with Crippen LogP contribution in [-0.4, -0.2) is 18.9 Å². The van der Waals surface area contributed by atoms with E-state index in [0.717, 1.165) is 0 Å². The van der Waals surface area contributed by atoms with Crippen molar-refractivity contribution in [1.82, 2.24) is 0 Å². The lowest BCUT2D eigenvalue weighted by molar-refractivity contribution is 0.397. The van der Waals surface area contributed by atoms with E-state index in [9.17, 15) is 9.50 Å². The molecule has 0 radical (unpaired) electrons. The number of phenols is 1. The summed E-state index contributed by atoms with van der Waals surface area (Å²) in [4.78, 5) is 0. The molecule has 1 aromatic rings. The van der Waals surface area contributed by atoms with E-state index in [-0.39, 0.29) is 18.2 Å². The Morgan fingerprint density at radius 3 is 2.67 bits per heavy atom. The van der Waals surface area contributed by atoms with Gasteiger partial charge in [0.25, 0.3) is 0 Å². The molecule has 15 heavy (non-hydrogen) atoms. The summed E-state index contributed by atoms with van der Waals surface area (Å²) < 4.78 is 17.7. The molecule has 1 rings (SSSR count). The smallest absolute Gasteiger partial charge is 0.134 e. The van der Waals surface area contributed by atoms with Gasteiger partial charge in [0.15, 0.2) is 0 Å². The molecule has 86 valence electrons. The van der Waals surface area contributed by atoms with Gasteiger partial charge in [-0.05, 0) is 28.1 Å². The number of halogens is 3. The fourth-order valence-electron chi connectivity index (χ4n) is 1.08. The highest BCUT2D eigenvalue weighted by Crippen LogP contribution is 2.35. The molecule has 0 saturated heterocycles. The van der Waals surface area contributed by atoms with Gasteiger partial charge in [0.05, 0.1) is 17.6 Å². The average molecular weight is 301 g/mol.